The number of thioether (sulfide) groups is 1. The van der Waals surface area contributed by atoms with E-state index in [0.29, 0.717) is 31.6 Å². The van der Waals surface area contributed by atoms with Gasteiger partial charge in [0.2, 0.25) is 17.7 Å². The van der Waals surface area contributed by atoms with E-state index >= 15 is 0 Å². The van der Waals surface area contributed by atoms with Gasteiger partial charge in [-0.3, -0.25) is 14.4 Å². The van der Waals surface area contributed by atoms with Crippen LogP contribution in [0.1, 0.15) is 25.7 Å². The van der Waals surface area contributed by atoms with Crippen molar-refractivity contribution in [3.05, 3.63) is 0 Å². The zero-order chi connectivity index (χ0) is 19.9. The Morgan fingerprint density at radius 2 is 1.69 bits per heavy atom. The largest absolute Gasteiger partial charge is 0.480 e. The quantitative estimate of drug-likeness (QED) is 0.184. The van der Waals surface area contributed by atoms with Crippen molar-refractivity contribution in [3.8, 4) is 0 Å². The summed E-state index contributed by atoms with van der Waals surface area (Å²) in [6.07, 6.45) is 3.67. The fraction of sp³-hybridized carbons (Fsp3) is 0.733. The summed E-state index contributed by atoms with van der Waals surface area (Å²) in [4.78, 5) is 46.7. The van der Waals surface area contributed by atoms with Crippen LogP contribution in [0.4, 0.5) is 0 Å². The molecule has 2 unspecified atom stereocenters. The van der Waals surface area contributed by atoms with Crippen LogP contribution in [0.25, 0.3) is 0 Å². The van der Waals surface area contributed by atoms with Gasteiger partial charge in [-0.1, -0.05) is 0 Å². The van der Waals surface area contributed by atoms with E-state index in [1.165, 1.54) is 11.8 Å². The molecule has 0 aromatic rings. The van der Waals surface area contributed by atoms with Crippen LogP contribution < -0.4 is 27.4 Å². The molecule has 8 N–H and O–H groups in total. The molecule has 0 rings (SSSR count). The number of carboxylic acid groups (broad SMARTS) is 1. The van der Waals surface area contributed by atoms with Gasteiger partial charge in [0.25, 0.3) is 0 Å². The molecule has 0 bridgehead atoms. The second kappa shape index (κ2) is 14.3. The van der Waals surface area contributed by atoms with E-state index in [9.17, 15) is 24.3 Å². The van der Waals surface area contributed by atoms with Crippen molar-refractivity contribution >= 4 is 35.5 Å². The molecular formula is C15H29N5O5S. The van der Waals surface area contributed by atoms with E-state index in [0.717, 1.165) is 0 Å². The van der Waals surface area contributed by atoms with E-state index in [2.05, 4.69) is 16.0 Å². The first-order valence-corrected chi connectivity index (χ1v) is 9.73. The number of carbonyl (C=O) groups is 4. The predicted molar refractivity (Wildman–Crippen MR) is 99.5 cm³/mol. The Kier molecular flexibility index (Phi) is 13.3. The molecular weight excluding hydrogens is 362 g/mol. The SMILES string of the molecule is CSCCC(NC(=O)CNC(=O)CN)C(=O)NC(CCCCN)C(=O)O. The van der Waals surface area contributed by atoms with Gasteiger partial charge < -0.3 is 32.5 Å². The highest BCUT2D eigenvalue weighted by Gasteiger charge is 2.26. The molecule has 0 aromatic carbocycles. The minimum Gasteiger partial charge on any atom is -0.480 e. The van der Waals surface area contributed by atoms with E-state index in [4.69, 9.17) is 11.5 Å². The third-order valence-corrected chi connectivity index (χ3v) is 4.10. The molecule has 2 atom stereocenters. The summed E-state index contributed by atoms with van der Waals surface area (Å²) in [5.41, 5.74) is 10.5. The monoisotopic (exact) mass is 391 g/mol. The van der Waals surface area contributed by atoms with Crippen molar-refractivity contribution in [2.24, 2.45) is 11.5 Å². The van der Waals surface area contributed by atoms with Crippen LogP contribution in [0.15, 0.2) is 0 Å². The van der Waals surface area contributed by atoms with Crippen molar-refractivity contribution < 1.29 is 24.3 Å². The van der Waals surface area contributed by atoms with Gasteiger partial charge in [-0.15, -0.1) is 0 Å². The maximum absolute atomic E-state index is 12.4. The van der Waals surface area contributed by atoms with Crippen LogP contribution in [-0.2, 0) is 19.2 Å². The minimum atomic E-state index is -1.14. The summed E-state index contributed by atoms with van der Waals surface area (Å²) in [5.74, 6) is -2.16. The fourth-order valence-electron chi connectivity index (χ4n) is 2.02. The number of unbranched alkanes of at least 4 members (excludes halogenated alkanes) is 1. The molecule has 0 radical (unpaired) electrons. The Labute approximate surface area is 157 Å². The van der Waals surface area contributed by atoms with Gasteiger partial charge in [-0.05, 0) is 44.2 Å². The van der Waals surface area contributed by atoms with Crippen LogP contribution in [0.3, 0.4) is 0 Å². The molecule has 0 saturated heterocycles. The lowest BCUT2D eigenvalue weighted by Crippen LogP contribution is -2.53. The van der Waals surface area contributed by atoms with E-state index < -0.39 is 35.8 Å². The Hall–Kier alpha value is -1.85. The maximum atomic E-state index is 12.4. The van der Waals surface area contributed by atoms with E-state index in [1.54, 1.807) is 0 Å². The molecule has 0 aromatic heterocycles. The summed E-state index contributed by atoms with van der Waals surface area (Å²) in [6, 6.07) is -1.93. The average molecular weight is 391 g/mol. The number of rotatable bonds is 14. The van der Waals surface area contributed by atoms with Gasteiger partial charge in [0.15, 0.2) is 0 Å². The molecule has 26 heavy (non-hydrogen) atoms. The van der Waals surface area contributed by atoms with Gasteiger partial charge in [-0.25, -0.2) is 4.79 Å². The first-order valence-electron chi connectivity index (χ1n) is 8.34. The summed E-state index contributed by atoms with van der Waals surface area (Å²) in [5, 5.41) is 16.5. The number of hydrogen-bond acceptors (Lipinski definition) is 7. The van der Waals surface area contributed by atoms with Crippen molar-refractivity contribution in [3.63, 3.8) is 0 Å². The summed E-state index contributed by atoms with van der Waals surface area (Å²) < 4.78 is 0. The highest BCUT2D eigenvalue weighted by molar-refractivity contribution is 7.98. The van der Waals surface area contributed by atoms with Crippen LogP contribution in [0.2, 0.25) is 0 Å². The third-order valence-electron chi connectivity index (χ3n) is 3.46. The minimum absolute atomic E-state index is 0.243. The van der Waals surface area contributed by atoms with Gasteiger partial charge in [0.1, 0.15) is 12.1 Å². The van der Waals surface area contributed by atoms with Crippen molar-refractivity contribution in [2.75, 3.05) is 31.6 Å². The average Bonchev–Trinajstić information content (AvgIpc) is 2.61. The molecule has 0 spiro atoms. The number of amides is 3. The van der Waals surface area contributed by atoms with Crippen molar-refractivity contribution in [2.45, 2.75) is 37.8 Å². The zero-order valence-electron chi connectivity index (χ0n) is 15.0. The molecule has 150 valence electrons. The molecule has 0 aliphatic heterocycles. The molecule has 0 fully saturated rings. The lowest BCUT2D eigenvalue weighted by atomic mass is 10.1. The summed E-state index contributed by atoms with van der Waals surface area (Å²) >= 11 is 1.49. The van der Waals surface area contributed by atoms with Crippen LogP contribution in [-0.4, -0.2) is 72.5 Å². The van der Waals surface area contributed by atoms with Crippen molar-refractivity contribution in [1.82, 2.24) is 16.0 Å². The van der Waals surface area contributed by atoms with Crippen LogP contribution in [0, 0.1) is 0 Å². The third kappa shape index (κ3) is 10.9. The second-order valence-electron chi connectivity index (χ2n) is 5.57. The highest BCUT2D eigenvalue weighted by Crippen LogP contribution is 2.05. The first-order chi connectivity index (χ1) is 12.3. The Morgan fingerprint density at radius 3 is 2.23 bits per heavy atom. The normalized spacial score (nSPS) is 12.7. The smallest absolute Gasteiger partial charge is 0.326 e. The first kappa shape index (κ1) is 24.1. The molecule has 3 amide bonds. The number of nitrogens with two attached hydrogens (primary N) is 2. The van der Waals surface area contributed by atoms with E-state index in [1.807, 2.05) is 6.26 Å². The van der Waals surface area contributed by atoms with Gasteiger partial charge in [-0.2, -0.15) is 11.8 Å². The van der Waals surface area contributed by atoms with Crippen LogP contribution >= 0.6 is 11.8 Å². The number of nitrogens with one attached hydrogen (secondary N) is 3. The zero-order valence-corrected chi connectivity index (χ0v) is 15.8. The lowest BCUT2D eigenvalue weighted by molar-refractivity contribution is -0.142. The van der Waals surface area contributed by atoms with Gasteiger partial charge >= 0.3 is 5.97 Å². The number of aliphatic carboxylic acids is 1. The Balaban J connectivity index is 4.75. The van der Waals surface area contributed by atoms with Crippen molar-refractivity contribution in [1.29, 1.82) is 0 Å². The topological polar surface area (TPSA) is 177 Å². The predicted octanol–water partition coefficient (Wildman–Crippen LogP) is -2.00. The van der Waals surface area contributed by atoms with Gasteiger partial charge in [0, 0.05) is 0 Å². The number of hydrogen-bond donors (Lipinski definition) is 6. The molecule has 0 aliphatic carbocycles. The second-order valence-corrected chi connectivity index (χ2v) is 6.55. The molecule has 10 nitrogen and oxygen atoms in total. The number of carboxylic acids is 1. The summed E-state index contributed by atoms with van der Waals surface area (Å²) in [6.45, 7) is -0.105. The van der Waals surface area contributed by atoms with Gasteiger partial charge in [0.05, 0.1) is 13.1 Å². The Morgan fingerprint density at radius 1 is 1.00 bits per heavy atom. The molecule has 11 heteroatoms. The highest BCUT2D eigenvalue weighted by atomic mass is 32.2. The van der Waals surface area contributed by atoms with E-state index in [-0.39, 0.29) is 19.5 Å². The maximum Gasteiger partial charge on any atom is 0.326 e. The van der Waals surface area contributed by atoms with Crippen LogP contribution in [0.5, 0.6) is 0 Å². The number of carbonyl (C=O) groups excluding carboxylic acids is 3. The lowest BCUT2D eigenvalue weighted by Gasteiger charge is -2.21. The standard InChI is InChI=1S/C15H29N5O5S/c1-26-7-5-10(19-13(22)9-18-12(21)8-17)14(23)20-11(15(24)25)4-2-3-6-16/h10-11H,2-9,16-17H2,1H3,(H,18,21)(H,19,22)(H,20,23)(H,24,25). The molecule has 0 saturated carbocycles. The molecule has 0 aliphatic rings. The molecule has 0 heterocycles. The Bertz CT molecular complexity index is 477. The fourth-order valence-corrected chi connectivity index (χ4v) is 2.49. The summed E-state index contributed by atoms with van der Waals surface area (Å²) in [7, 11) is 0.